The van der Waals surface area contributed by atoms with Crippen molar-refractivity contribution in [2.75, 3.05) is 11.9 Å². The van der Waals surface area contributed by atoms with Gasteiger partial charge in [-0.15, -0.1) is 0 Å². The molecule has 20 heavy (non-hydrogen) atoms. The Bertz CT molecular complexity index is 532. The van der Waals surface area contributed by atoms with Gasteiger partial charge >= 0.3 is 0 Å². The summed E-state index contributed by atoms with van der Waals surface area (Å²) in [5.74, 6) is 0. The summed E-state index contributed by atoms with van der Waals surface area (Å²) in [5, 5.41) is 24.9. The third kappa shape index (κ3) is 3.73. The van der Waals surface area contributed by atoms with Crippen LogP contribution in [0.2, 0.25) is 0 Å². The zero-order valence-corrected chi connectivity index (χ0v) is 11.8. The van der Waals surface area contributed by atoms with E-state index in [4.69, 9.17) is 10.5 Å². The van der Waals surface area contributed by atoms with E-state index in [2.05, 4.69) is 23.6 Å². The molecule has 1 aromatic rings. The summed E-state index contributed by atoms with van der Waals surface area (Å²) in [5.41, 5.74) is 1.77. The molecule has 1 heterocycles. The lowest BCUT2D eigenvalue weighted by Crippen LogP contribution is -2.37. The number of hydrogen-bond acceptors (Lipinski definition) is 4. The SMILES string of the molecule is CC(CC1CCCCN1)Nc1ccc(C#N)c(C#N)c1. The van der Waals surface area contributed by atoms with Crippen LogP contribution in [0.4, 0.5) is 5.69 Å². The summed E-state index contributed by atoms with van der Waals surface area (Å²) in [4.78, 5) is 0. The molecule has 0 bridgehead atoms. The third-order valence-corrected chi connectivity index (χ3v) is 3.72. The van der Waals surface area contributed by atoms with E-state index in [-0.39, 0.29) is 0 Å². The van der Waals surface area contributed by atoms with Gasteiger partial charge in [-0.2, -0.15) is 10.5 Å². The van der Waals surface area contributed by atoms with Crippen LogP contribution in [0.25, 0.3) is 0 Å². The number of rotatable bonds is 4. The normalized spacial score (nSPS) is 19.6. The van der Waals surface area contributed by atoms with Crippen molar-refractivity contribution >= 4 is 5.69 Å². The molecule has 1 fully saturated rings. The fourth-order valence-corrected chi connectivity index (χ4v) is 2.72. The van der Waals surface area contributed by atoms with Crippen LogP contribution in [0, 0.1) is 22.7 Å². The van der Waals surface area contributed by atoms with E-state index in [0.29, 0.717) is 23.2 Å². The van der Waals surface area contributed by atoms with Gasteiger partial charge in [-0.25, -0.2) is 0 Å². The van der Waals surface area contributed by atoms with Crippen molar-refractivity contribution in [2.45, 2.75) is 44.7 Å². The summed E-state index contributed by atoms with van der Waals surface area (Å²) in [6.07, 6.45) is 4.89. The van der Waals surface area contributed by atoms with Crippen LogP contribution < -0.4 is 10.6 Å². The molecule has 0 amide bonds. The van der Waals surface area contributed by atoms with E-state index in [1.807, 2.05) is 12.1 Å². The minimum Gasteiger partial charge on any atom is -0.382 e. The van der Waals surface area contributed by atoms with Crippen molar-refractivity contribution in [3.05, 3.63) is 29.3 Å². The van der Waals surface area contributed by atoms with E-state index in [1.165, 1.54) is 19.3 Å². The largest absolute Gasteiger partial charge is 0.382 e. The fourth-order valence-electron chi connectivity index (χ4n) is 2.72. The molecular weight excluding hydrogens is 248 g/mol. The van der Waals surface area contributed by atoms with Gasteiger partial charge in [-0.05, 0) is 50.9 Å². The van der Waals surface area contributed by atoms with Gasteiger partial charge < -0.3 is 10.6 Å². The van der Waals surface area contributed by atoms with Gasteiger partial charge in [-0.3, -0.25) is 0 Å². The van der Waals surface area contributed by atoms with Crippen LogP contribution in [-0.4, -0.2) is 18.6 Å². The fraction of sp³-hybridized carbons (Fsp3) is 0.500. The summed E-state index contributed by atoms with van der Waals surface area (Å²) in [7, 11) is 0. The lowest BCUT2D eigenvalue weighted by Gasteiger charge is -2.27. The average Bonchev–Trinajstić information content (AvgIpc) is 2.48. The van der Waals surface area contributed by atoms with Gasteiger partial charge in [0.15, 0.2) is 0 Å². The Morgan fingerprint density at radius 2 is 2.10 bits per heavy atom. The Labute approximate surface area is 120 Å². The van der Waals surface area contributed by atoms with Crippen molar-refractivity contribution in [2.24, 2.45) is 0 Å². The number of nitrogens with one attached hydrogen (secondary N) is 2. The number of nitrogens with zero attached hydrogens (tertiary/aromatic N) is 2. The second-order valence-electron chi connectivity index (χ2n) is 5.41. The molecule has 0 spiro atoms. The summed E-state index contributed by atoms with van der Waals surface area (Å²) < 4.78 is 0. The highest BCUT2D eigenvalue weighted by molar-refractivity contribution is 5.56. The van der Waals surface area contributed by atoms with E-state index in [1.54, 1.807) is 12.1 Å². The molecular formula is C16H20N4. The van der Waals surface area contributed by atoms with E-state index in [0.717, 1.165) is 18.7 Å². The summed E-state index contributed by atoms with van der Waals surface area (Å²) in [6.45, 7) is 3.27. The van der Waals surface area contributed by atoms with Crippen LogP contribution in [0.5, 0.6) is 0 Å². The van der Waals surface area contributed by atoms with Crippen molar-refractivity contribution in [3.63, 3.8) is 0 Å². The monoisotopic (exact) mass is 268 g/mol. The van der Waals surface area contributed by atoms with Gasteiger partial charge in [0, 0.05) is 17.8 Å². The molecule has 0 saturated carbocycles. The molecule has 0 aromatic heterocycles. The van der Waals surface area contributed by atoms with Crippen molar-refractivity contribution in [3.8, 4) is 12.1 Å². The minimum absolute atomic E-state index is 0.338. The van der Waals surface area contributed by atoms with Crippen LogP contribution in [-0.2, 0) is 0 Å². The highest BCUT2D eigenvalue weighted by Gasteiger charge is 2.15. The molecule has 0 aliphatic carbocycles. The molecule has 2 atom stereocenters. The molecule has 0 radical (unpaired) electrons. The van der Waals surface area contributed by atoms with Gasteiger partial charge in [0.1, 0.15) is 12.1 Å². The molecule has 1 aliphatic rings. The van der Waals surface area contributed by atoms with Crippen molar-refractivity contribution in [1.29, 1.82) is 10.5 Å². The second kappa shape index (κ2) is 6.93. The number of hydrogen-bond donors (Lipinski definition) is 2. The molecule has 1 aromatic carbocycles. The van der Waals surface area contributed by atoms with E-state index in [9.17, 15) is 0 Å². The zero-order valence-electron chi connectivity index (χ0n) is 11.8. The molecule has 4 nitrogen and oxygen atoms in total. The minimum atomic E-state index is 0.338. The zero-order chi connectivity index (χ0) is 14.4. The van der Waals surface area contributed by atoms with Crippen LogP contribution in [0.3, 0.4) is 0 Å². The van der Waals surface area contributed by atoms with Gasteiger partial charge in [0.05, 0.1) is 11.1 Å². The smallest absolute Gasteiger partial charge is 0.101 e. The Balaban J connectivity index is 1.95. The first-order chi connectivity index (χ1) is 9.72. The molecule has 2 unspecified atom stereocenters. The highest BCUT2D eigenvalue weighted by atomic mass is 15.0. The maximum atomic E-state index is 9.03. The lowest BCUT2D eigenvalue weighted by atomic mass is 9.98. The second-order valence-corrected chi connectivity index (χ2v) is 5.41. The summed E-state index contributed by atoms with van der Waals surface area (Å²) >= 11 is 0. The number of benzene rings is 1. The maximum Gasteiger partial charge on any atom is 0.101 e. The highest BCUT2D eigenvalue weighted by Crippen LogP contribution is 2.18. The number of piperidine rings is 1. The Kier molecular flexibility index (Phi) is 4.98. The first-order valence-corrected chi connectivity index (χ1v) is 7.17. The summed E-state index contributed by atoms with van der Waals surface area (Å²) in [6, 6.07) is 10.3. The van der Waals surface area contributed by atoms with Gasteiger partial charge in [-0.1, -0.05) is 6.42 Å². The topological polar surface area (TPSA) is 71.6 Å². The van der Waals surface area contributed by atoms with Crippen molar-refractivity contribution < 1.29 is 0 Å². The van der Waals surface area contributed by atoms with E-state index < -0.39 is 0 Å². The molecule has 4 heteroatoms. The Morgan fingerprint density at radius 1 is 1.30 bits per heavy atom. The standard InChI is InChI=1S/C16H20N4/c1-12(8-15-4-2-3-7-19-15)20-16-6-5-13(10-17)14(9-16)11-18/h5-6,9,12,15,19-20H,2-4,7-8H2,1H3. The molecule has 104 valence electrons. The number of anilines is 1. The average molecular weight is 268 g/mol. The van der Waals surface area contributed by atoms with E-state index >= 15 is 0 Å². The van der Waals surface area contributed by atoms with Crippen LogP contribution >= 0.6 is 0 Å². The van der Waals surface area contributed by atoms with Crippen LogP contribution in [0.1, 0.15) is 43.7 Å². The Hall–Kier alpha value is -2.04. The quantitative estimate of drug-likeness (QED) is 0.880. The molecule has 2 rings (SSSR count). The first-order valence-electron chi connectivity index (χ1n) is 7.17. The Morgan fingerprint density at radius 3 is 2.75 bits per heavy atom. The molecule has 1 aliphatic heterocycles. The molecule has 1 saturated heterocycles. The molecule has 2 N–H and O–H groups in total. The first kappa shape index (κ1) is 14.4. The maximum absolute atomic E-state index is 9.03. The third-order valence-electron chi connectivity index (χ3n) is 3.72. The van der Waals surface area contributed by atoms with Crippen LogP contribution in [0.15, 0.2) is 18.2 Å². The predicted octanol–water partition coefficient (Wildman–Crippen LogP) is 2.76. The lowest BCUT2D eigenvalue weighted by molar-refractivity contribution is 0.371. The number of nitriles is 2. The van der Waals surface area contributed by atoms with Gasteiger partial charge in [0.2, 0.25) is 0 Å². The predicted molar refractivity (Wildman–Crippen MR) is 79.2 cm³/mol. The van der Waals surface area contributed by atoms with Gasteiger partial charge in [0.25, 0.3) is 0 Å². The van der Waals surface area contributed by atoms with Crippen molar-refractivity contribution in [1.82, 2.24) is 5.32 Å².